The topological polar surface area (TPSA) is 75.8 Å². The molecule has 0 bridgehead atoms. The minimum Gasteiger partial charge on any atom is -0.272 e. The molecule has 1 heterocycles. The first-order valence-corrected chi connectivity index (χ1v) is 7.40. The Labute approximate surface area is 134 Å². The smallest absolute Gasteiger partial charge is 0.269 e. The first kappa shape index (κ1) is 15.6. The Morgan fingerprint density at radius 3 is 2.67 bits per heavy atom. The SMILES string of the molecule is O=C1CSC(=S)N1N=CC(Cl)=Cc1ccc([N+](=O)[O-])cc1. The van der Waals surface area contributed by atoms with Gasteiger partial charge in [-0.3, -0.25) is 14.9 Å². The lowest BCUT2D eigenvalue weighted by Gasteiger charge is -2.05. The molecule has 1 aromatic carbocycles. The van der Waals surface area contributed by atoms with Crippen LogP contribution in [0.3, 0.4) is 0 Å². The summed E-state index contributed by atoms with van der Waals surface area (Å²) in [4.78, 5) is 21.5. The molecule has 0 aromatic heterocycles. The number of thiocarbonyl (C=S) groups is 1. The Hall–Kier alpha value is -1.77. The quantitative estimate of drug-likeness (QED) is 0.364. The van der Waals surface area contributed by atoms with Crippen molar-refractivity contribution < 1.29 is 9.72 Å². The molecule has 0 N–H and O–H groups in total. The lowest BCUT2D eigenvalue weighted by Crippen LogP contribution is -2.22. The molecule has 108 valence electrons. The highest BCUT2D eigenvalue weighted by atomic mass is 35.5. The van der Waals surface area contributed by atoms with Crippen LogP contribution in [0.2, 0.25) is 0 Å². The Bertz CT molecular complexity index is 642. The minimum atomic E-state index is -0.478. The van der Waals surface area contributed by atoms with Crippen molar-refractivity contribution >= 4 is 63.8 Å². The van der Waals surface area contributed by atoms with Crippen LogP contribution in [0, 0.1) is 10.1 Å². The zero-order valence-corrected chi connectivity index (χ0v) is 12.8. The average molecular weight is 342 g/mol. The van der Waals surface area contributed by atoms with Crippen LogP contribution in [-0.4, -0.2) is 32.1 Å². The molecule has 1 amide bonds. The second kappa shape index (κ2) is 6.79. The van der Waals surface area contributed by atoms with E-state index in [1.54, 1.807) is 18.2 Å². The molecule has 1 aliphatic rings. The number of allylic oxidation sites excluding steroid dienone is 1. The zero-order valence-electron chi connectivity index (χ0n) is 10.4. The highest BCUT2D eigenvalue weighted by Crippen LogP contribution is 2.20. The Kier molecular flexibility index (Phi) is 5.05. The minimum absolute atomic E-state index is 0.00183. The van der Waals surface area contributed by atoms with Crippen molar-refractivity contribution in [2.24, 2.45) is 5.10 Å². The Balaban J connectivity index is 2.08. The predicted octanol–water partition coefficient (Wildman–Crippen LogP) is 3.02. The lowest BCUT2D eigenvalue weighted by molar-refractivity contribution is -0.384. The third-order valence-electron chi connectivity index (χ3n) is 2.43. The Morgan fingerprint density at radius 2 is 2.14 bits per heavy atom. The van der Waals surface area contributed by atoms with Gasteiger partial charge in [0, 0.05) is 12.1 Å². The summed E-state index contributed by atoms with van der Waals surface area (Å²) >= 11 is 12.2. The molecule has 21 heavy (non-hydrogen) atoms. The second-order valence-electron chi connectivity index (χ2n) is 3.88. The molecular formula is C12H8ClN3O3S2. The van der Waals surface area contributed by atoms with Crippen LogP contribution >= 0.6 is 35.6 Å². The Morgan fingerprint density at radius 1 is 1.48 bits per heavy atom. The average Bonchev–Trinajstić information content (AvgIpc) is 2.76. The number of nitro benzene ring substituents is 1. The van der Waals surface area contributed by atoms with Crippen LogP contribution < -0.4 is 0 Å². The monoisotopic (exact) mass is 341 g/mol. The van der Waals surface area contributed by atoms with Crippen molar-refractivity contribution in [3.63, 3.8) is 0 Å². The molecule has 0 saturated carbocycles. The molecule has 0 spiro atoms. The normalized spacial score (nSPS) is 16.0. The number of hydrazone groups is 1. The number of hydrogen-bond donors (Lipinski definition) is 0. The number of nitrogens with zero attached hydrogens (tertiary/aromatic N) is 3. The number of non-ortho nitro benzene ring substituents is 1. The third kappa shape index (κ3) is 4.10. The maximum absolute atomic E-state index is 11.4. The zero-order chi connectivity index (χ0) is 15.4. The number of amides is 1. The molecule has 0 radical (unpaired) electrons. The van der Waals surface area contributed by atoms with E-state index in [1.807, 2.05) is 0 Å². The van der Waals surface area contributed by atoms with E-state index in [1.165, 1.54) is 30.1 Å². The summed E-state index contributed by atoms with van der Waals surface area (Å²) in [6.07, 6.45) is 2.88. The number of rotatable bonds is 4. The lowest BCUT2D eigenvalue weighted by atomic mass is 10.2. The molecule has 0 unspecified atom stereocenters. The predicted molar refractivity (Wildman–Crippen MR) is 87.3 cm³/mol. The first-order chi connectivity index (χ1) is 9.97. The number of hydrogen-bond acceptors (Lipinski definition) is 6. The van der Waals surface area contributed by atoms with Crippen molar-refractivity contribution in [1.29, 1.82) is 0 Å². The van der Waals surface area contributed by atoms with Crippen molar-refractivity contribution in [3.8, 4) is 0 Å². The fraction of sp³-hybridized carbons (Fsp3) is 0.0833. The summed E-state index contributed by atoms with van der Waals surface area (Å²) in [7, 11) is 0. The van der Waals surface area contributed by atoms with E-state index in [0.29, 0.717) is 9.88 Å². The highest BCUT2D eigenvalue weighted by molar-refractivity contribution is 8.23. The van der Waals surface area contributed by atoms with Gasteiger partial charge in [0.15, 0.2) is 4.32 Å². The number of benzene rings is 1. The van der Waals surface area contributed by atoms with Crippen molar-refractivity contribution in [3.05, 3.63) is 45.0 Å². The van der Waals surface area contributed by atoms with E-state index in [0.717, 1.165) is 5.01 Å². The van der Waals surface area contributed by atoms with Gasteiger partial charge in [-0.1, -0.05) is 35.6 Å². The number of carbonyl (C=O) groups excluding carboxylic acids is 1. The van der Waals surface area contributed by atoms with Gasteiger partial charge in [-0.2, -0.15) is 10.1 Å². The summed E-state index contributed by atoms with van der Waals surface area (Å²) in [5.41, 5.74) is 0.684. The standard InChI is InChI=1S/C12H8ClN3O3S2/c13-9(6-14-15-11(17)7-21-12(15)20)5-8-1-3-10(4-2-8)16(18)19/h1-6H,7H2. The number of halogens is 1. The van der Waals surface area contributed by atoms with Crippen LogP contribution in [0.5, 0.6) is 0 Å². The molecule has 9 heteroatoms. The van der Waals surface area contributed by atoms with Crippen molar-refractivity contribution in [1.82, 2.24) is 5.01 Å². The van der Waals surface area contributed by atoms with Gasteiger partial charge in [-0.25, -0.2) is 0 Å². The number of nitro groups is 1. The van der Waals surface area contributed by atoms with Crippen LogP contribution in [0.1, 0.15) is 5.56 Å². The largest absolute Gasteiger partial charge is 0.272 e. The van der Waals surface area contributed by atoms with E-state index in [2.05, 4.69) is 5.10 Å². The summed E-state index contributed by atoms with van der Waals surface area (Å²) in [6.45, 7) is 0. The summed E-state index contributed by atoms with van der Waals surface area (Å²) < 4.78 is 0.385. The van der Waals surface area contributed by atoms with Crippen molar-refractivity contribution in [2.75, 3.05) is 5.75 Å². The van der Waals surface area contributed by atoms with E-state index in [9.17, 15) is 14.9 Å². The third-order valence-corrected chi connectivity index (χ3v) is 3.98. The van der Waals surface area contributed by atoms with Gasteiger partial charge in [0.2, 0.25) is 0 Å². The fourth-order valence-electron chi connectivity index (χ4n) is 1.46. The van der Waals surface area contributed by atoms with Gasteiger partial charge >= 0.3 is 0 Å². The van der Waals surface area contributed by atoms with E-state index in [4.69, 9.17) is 23.8 Å². The molecule has 1 saturated heterocycles. The first-order valence-electron chi connectivity index (χ1n) is 5.63. The maximum atomic E-state index is 11.4. The van der Waals surface area contributed by atoms with Gasteiger partial charge in [-0.15, -0.1) is 0 Å². The molecule has 1 aromatic rings. The van der Waals surface area contributed by atoms with E-state index in [-0.39, 0.29) is 22.4 Å². The molecule has 0 aliphatic carbocycles. The van der Waals surface area contributed by atoms with Gasteiger partial charge < -0.3 is 0 Å². The van der Waals surface area contributed by atoms with Crippen LogP contribution in [0.4, 0.5) is 5.69 Å². The van der Waals surface area contributed by atoms with Crippen molar-refractivity contribution in [2.45, 2.75) is 0 Å². The summed E-state index contributed by atoms with van der Waals surface area (Å²) in [6, 6.07) is 5.89. The fourth-order valence-corrected chi connectivity index (χ4v) is 2.60. The summed E-state index contributed by atoms with van der Waals surface area (Å²) in [5, 5.41) is 15.8. The van der Waals surface area contributed by atoms with Gasteiger partial charge in [0.05, 0.1) is 21.9 Å². The van der Waals surface area contributed by atoms with Crippen LogP contribution in [0.25, 0.3) is 6.08 Å². The van der Waals surface area contributed by atoms with Gasteiger partial charge in [-0.05, 0) is 23.8 Å². The van der Waals surface area contributed by atoms with E-state index >= 15 is 0 Å². The molecule has 1 fully saturated rings. The van der Waals surface area contributed by atoms with E-state index < -0.39 is 4.92 Å². The molecule has 1 aliphatic heterocycles. The van der Waals surface area contributed by atoms with Crippen LogP contribution in [-0.2, 0) is 4.79 Å². The number of thioether (sulfide) groups is 1. The van der Waals surface area contributed by atoms with Gasteiger partial charge in [0.1, 0.15) is 0 Å². The van der Waals surface area contributed by atoms with Crippen LogP contribution in [0.15, 0.2) is 34.4 Å². The summed E-state index contributed by atoms with van der Waals surface area (Å²) in [5.74, 6) is 0.0842. The number of carbonyl (C=O) groups is 1. The van der Waals surface area contributed by atoms with Gasteiger partial charge in [0.25, 0.3) is 11.6 Å². The highest BCUT2D eigenvalue weighted by Gasteiger charge is 2.25. The molecular weight excluding hydrogens is 334 g/mol. The molecule has 6 nitrogen and oxygen atoms in total. The molecule has 0 atom stereocenters. The second-order valence-corrected chi connectivity index (χ2v) is 5.93. The maximum Gasteiger partial charge on any atom is 0.269 e. The molecule has 2 rings (SSSR count).